The minimum Gasteiger partial charge on any atom is -0.494 e. The number of ether oxygens (including phenoxy) is 1. The molecule has 4 nitrogen and oxygen atoms in total. The Balaban J connectivity index is 2.39. The minimum absolute atomic E-state index is 0.142. The average Bonchev–Trinajstić information content (AvgIpc) is 2.39. The summed E-state index contributed by atoms with van der Waals surface area (Å²) in [6, 6.07) is 11.2. The van der Waals surface area contributed by atoms with Gasteiger partial charge in [0.25, 0.3) is 5.56 Å². The minimum atomic E-state index is -0.142. The topological polar surface area (TPSA) is 68.1 Å². The molecular weight excluding hydrogens is 228 g/mol. The summed E-state index contributed by atoms with van der Waals surface area (Å²) in [4.78, 5) is 14.5. The standard InChI is InChI=1S/C14H16N2O2/c1-2-18-12-5-3-4-10(8-12)13-7-6-11(9-15)14(17)16-13/h3-8H,2,9,15H2,1H3,(H,16,17). The lowest BCUT2D eigenvalue weighted by atomic mass is 10.1. The molecule has 0 aliphatic rings. The van der Waals surface area contributed by atoms with Crippen LogP contribution in [0.4, 0.5) is 0 Å². The van der Waals surface area contributed by atoms with Crippen LogP contribution in [0.2, 0.25) is 0 Å². The zero-order valence-electron chi connectivity index (χ0n) is 10.3. The van der Waals surface area contributed by atoms with E-state index in [1.54, 1.807) is 6.07 Å². The van der Waals surface area contributed by atoms with Gasteiger partial charge in [0.15, 0.2) is 0 Å². The Labute approximate surface area is 105 Å². The Morgan fingerprint density at radius 1 is 1.28 bits per heavy atom. The fourth-order valence-electron chi connectivity index (χ4n) is 1.75. The first-order chi connectivity index (χ1) is 8.74. The monoisotopic (exact) mass is 244 g/mol. The van der Waals surface area contributed by atoms with Crippen LogP contribution in [-0.4, -0.2) is 11.6 Å². The molecule has 0 spiro atoms. The smallest absolute Gasteiger partial charge is 0.252 e. The second-order valence-corrected chi connectivity index (χ2v) is 3.89. The molecule has 0 amide bonds. The van der Waals surface area contributed by atoms with Crippen molar-refractivity contribution >= 4 is 0 Å². The molecule has 0 aliphatic heterocycles. The number of aromatic nitrogens is 1. The summed E-state index contributed by atoms with van der Waals surface area (Å²) in [5.41, 5.74) is 7.59. The van der Waals surface area contributed by atoms with Crippen molar-refractivity contribution in [2.45, 2.75) is 13.5 Å². The van der Waals surface area contributed by atoms with Gasteiger partial charge in [-0.15, -0.1) is 0 Å². The third-order valence-electron chi connectivity index (χ3n) is 2.67. The fourth-order valence-corrected chi connectivity index (χ4v) is 1.75. The molecule has 0 fully saturated rings. The highest BCUT2D eigenvalue weighted by molar-refractivity contribution is 5.61. The Morgan fingerprint density at radius 3 is 2.78 bits per heavy atom. The molecular formula is C14H16N2O2. The van der Waals surface area contributed by atoms with E-state index < -0.39 is 0 Å². The van der Waals surface area contributed by atoms with Crippen molar-refractivity contribution in [3.05, 3.63) is 52.3 Å². The quantitative estimate of drug-likeness (QED) is 0.863. The van der Waals surface area contributed by atoms with E-state index in [9.17, 15) is 4.79 Å². The number of rotatable bonds is 4. The van der Waals surface area contributed by atoms with Gasteiger partial charge in [0, 0.05) is 23.4 Å². The predicted octanol–water partition coefficient (Wildman–Crippen LogP) is 1.90. The molecule has 0 bridgehead atoms. The van der Waals surface area contributed by atoms with Crippen LogP contribution in [0.25, 0.3) is 11.3 Å². The van der Waals surface area contributed by atoms with E-state index in [0.717, 1.165) is 17.0 Å². The number of nitrogens with one attached hydrogen (secondary N) is 1. The number of pyridine rings is 1. The molecule has 0 aliphatic carbocycles. The lowest BCUT2D eigenvalue weighted by Gasteiger charge is -2.06. The first kappa shape index (κ1) is 12.4. The lowest BCUT2D eigenvalue weighted by molar-refractivity contribution is 0.340. The molecule has 1 aromatic heterocycles. The first-order valence-corrected chi connectivity index (χ1v) is 5.90. The van der Waals surface area contributed by atoms with Gasteiger partial charge in [-0.05, 0) is 25.1 Å². The van der Waals surface area contributed by atoms with E-state index in [4.69, 9.17) is 10.5 Å². The SMILES string of the molecule is CCOc1cccc(-c2ccc(CN)c(=O)[nH]2)c1. The molecule has 0 radical (unpaired) electrons. The van der Waals surface area contributed by atoms with Crippen LogP contribution in [0.3, 0.4) is 0 Å². The fraction of sp³-hybridized carbons (Fsp3) is 0.214. The maximum Gasteiger partial charge on any atom is 0.252 e. The number of hydrogen-bond acceptors (Lipinski definition) is 3. The largest absolute Gasteiger partial charge is 0.494 e. The molecule has 2 aromatic rings. The van der Waals surface area contributed by atoms with Crippen molar-refractivity contribution in [3.8, 4) is 17.0 Å². The molecule has 0 saturated carbocycles. The van der Waals surface area contributed by atoms with Crippen LogP contribution >= 0.6 is 0 Å². The Morgan fingerprint density at radius 2 is 2.11 bits per heavy atom. The van der Waals surface area contributed by atoms with Crippen LogP contribution < -0.4 is 16.0 Å². The van der Waals surface area contributed by atoms with E-state index in [2.05, 4.69) is 4.98 Å². The highest BCUT2D eigenvalue weighted by atomic mass is 16.5. The van der Waals surface area contributed by atoms with Gasteiger partial charge in [-0.2, -0.15) is 0 Å². The highest BCUT2D eigenvalue weighted by Crippen LogP contribution is 2.21. The number of aromatic amines is 1. The predicted molar refractivity (Wildman–Crippen MR) is 71.6 cm³/mol. The summed E-state index contributed by atoms with van der Waals surface area (Å²) in [6.45, 7) is 2.80. The molecule has 3 N–H and O–H groups in total. The van der Waals surface area contributed by atoms with Gasteiger partial charge in [0.05, 0.1) is 6.61 Å². The molecule has 4 heteroatoms. The molecule has 1 heterocycles. The zero-order valence-corrected chi connectivity index (χ0v) is 10.3. The molecule has 2 rings (SSSR count). The Kier molecular flexibility index (Phi) is 3.79. The van der Waals surface area contributed by atoms with Crippen molar-refractivity contribution < 1.29 is 4.74 Å². The van der Waals surface area contributed by atoms with E-state index >= 15 is 0 Å². The summed E-state index contributed by atoms with van der Waals surface area (Å²) >= 11 is 0. The summed E-state index contributed by atoms with van der Waals surface area (Å²) < 4.78 is 5.43. The molecule has 0 atom stereocenters. The maximum atomic E-state index is 11.7. The van der Waals surface area contributed by atoms with Gasteiger partial charge in [0.2, 0.25) is 0 Å². The second-order valence-electron chi connectivity index (χ2n) is 3.89. The van der Waals surface area contributed by atoms with Gasteiger partial charge in [0.1, 0.15) is 5.75 Å². The van der Waals surface area contributed by atoms with E-state index in [1.165, 1.54) is 0 Å². The molecule has 18 heavy (non-hydrogen) atoms. The number of benzene rings is 1. The van der Waals surface area contributed by atoms with Crippen LogP contribution in [0.5, 0.6) is 5.75 Å². The zero-order chi connectivity index (χ0) is 13.0. The number of nitrogens with two attached hydrogens (primary N) is 1. The normalized spacial score (nSPS) is 10.3. The van der Waals surface area contributed by atoms with Crippen LogP contribution in [0.1, 0.15) is 12.5 Å². The van der Waals surface area contributed by atoms with Crippen LogP contribution in [0.15, 0.2) is 41.2 Å². The summed E-state index contributed by atoms with van der Waals surface area (Å²) in [7, 11) is 0. The van der Waals surface area contributed by atoms with Crippen LogP contribution in [0, 0.1) is 0 Å². The van der Waals surface area contributed by atoms with Crippen LogP contribution in [-0.2, 0) is 6.54 Å². The van der Waals surface area contributed by atoms with Crippen molar-refractivity contribution in [1.29, 1.82) is 0 Å². The van der Waals surface area contributed by atoms with Crippen molar-refractivity contribution in [2.75, 3.05) is 6.61 Å². The maximum absolute atomic E-state index is 11.7. The lowest BCUT2D eigenvalue weighted by Crippen LogP contribution is -2.15. The first-order valence-electron chi connectivity index (χ1n) is 5.90. The van der Waals surface area contributed by atoms with Gasteiger partial charge in [-0.3, -0.25) is 4.79 Å². The third-order valence-corrected chi connectivity index (χ3v) is 2.67. The van der Waals surface area contributed by atoms with Crippen molar-refractivity contribution in [2.24, 2.45) is 5.73 Å². The summed E-state index contributed by atoms with van der Waals surface area (Å²) in [5.74, 6) is 0.791. The molecule has 1 aromatic carbocycles. The molecule has 0 saturated heterocycles. The van der Waals surface area contributed by atoms with Crippen molar-refractivity contribution in [1.82, 2.24) is 4.98 Å². The van der Waals surface area contributed by atoms with Gasteiger partial charge >= 0.3 is 0 Å². The Hall–Kier alpha value is -2.07. The van der Waals surface area contributed by atoms with E-state index in [0.29, 0.717) is 12.2 Å². The van der Waals surface area contributed by atoms with Gasteiger partial charge < -0.3 is 15.5 Å². The third kappa shape index (κ3) is 2.60. The highest BCUT2D eigenvalue weighted by Gasteiger charge is 2.03. The molecule has 0 unspecified atom stereocenters. The van der Waals surface area contributed by atoms with E-state index in [-0.39, 0.29) is 12.1 Å². The van der Waals surface area contributed by atoms with Gasteiger partial charge in [-0.1, -0.05) is 18.2 Å². The summed E-state index contributed by atoms with van der Waals surface area (Å²) in [5, 5.41) is 0. The number of H-pyrrole nitrogens is 1. The van der Waals surface area contributed by atoms with Gasteiger partial charge in [-0.25, -0.2) is 0 Å². The second kappa shape index (κ2) is 5.51. The van der Waals surface area contributed by atoms with Crippen molar-refractivity contribution in [3.63, 3.8) is 0 Å². The summed E-state index contributed by atoms with van der Waals surface area (Å²) in [6.07, 6.45) is 0. The average molecular weight is 244 g/mol. The Bertz CT molecular complexity index is 590. The van der Waals surface area contributed by atoms with E-state index in [1.807, 2.05) is 37.3 Å². The number of hydrogen-bond donors (Lipinski definition) is 2. The molecule has 94 valence electrons.